The van der Waals surface area contributed by atoms with Crippen LogP contribution in [-0.4, -0.2) is 41.1 Å². The van der Waals surface area contributed by atoms with Gasteiger partial charge >= 0.3 is 0 Å². The lowest BCUT2D eigenvalue weighted by atomic mass is 10.0. The van der Waals surface area contributed by atoms with Crippen LogP contribution in [0.15, 0.2) is 84.0 Å². The first-order chi connectivity index (χ1) is 21.4. The van der Waals surface area contributed by atoms with Gasteiger partial charge in [0.2, 0.25) is 0 Å². The molecule has 11 heteroatoms. The van der Waals surface area contributed by atoms with Crippen LogP contribution >= 0.6 is 11.6 Å². The number of nitrogens with zero attached hydrogens (tertiary/aromatic N) is 4. The van der Waals surface area contributed by atoms with Gasteiger partial charge in [0.05, 0.1) is 39.4 Å². The zero-order valence-corrected chi connectivity index (χ0v) is 25.1. The van der Waals surface area contributed by atoms with Gasteiger partial charge in [-0.1, -0.05) is 41.9 Å². The number of hydrazine groups is 2. The Labute approximate surface area is 261 Å². The highest BCUT2D eigenvalue weighted by molar-refractivity contribution is 6.35. The Morgan fingerprint density at radius 3 is 2.68 bits per heavy atom. The molecule has 1 fully saturated rings. The van der Waals surface area contributed by atoms with Gasteiger partial charge in [-0.15, -0.1) is 12.0 Å². The molecule has 0 unspecified atom stereocenters. The molecule has 44 heavy (non-hydrogen) atoms. The van der Waals surface area contributed by atoms with Gasteiger partial charge in [0.25, 0.3) is 0 Å². The highest BCUT2D eigenvalue weighted by Gasteiger charge is 2.24. The number of likely N-dealkylation sites (tertiary alicyclic amines) is 1. The Balaban J connectivity index is 1.47. The van der Waals surface area contributed by atoms with E-state index in [2.05, 4.69) is 43.5 Å². The average molecular weight is 615 g/mol. The molecular weight excluding hydrogens is 582 g/mol. The quantitative estimate of drug-likeness (QED) is 0.141. The van der Waals surface area contributed by atoms with Crippen molar-refractivity contribution in [1.29, 1.82) is 5.26 Å². The maximum Gasteiger partial charge on any atom is 0.157 e. The number of nitrogens with one attached hydrogen (secondary N) is 4. The number of pyridine rings is 1. The van der Waals surface area contributed by atoms with Gasteiger partial charge in [-0.3, -0.25) is 9.99 Å². The van der Waals surface area contributed by atoms with E-state index in [1.54, 1.807) is 12.1 Å². The number of allylic oxidation sites excluding steroid dienone is 4. The summed E-state index contributed by atoms with van der Waals surface area (Å²) in [7, 11) is 0. The maximum absolute atomic E-state index is 14.7. The van der Waals surface area contributed by atoms with Crippen molar-refractivity contribution in [1.82, 2.24) is 25.9 Å². The summed E-state index contributed by atoms with van der Waals surface area (Å²) < 4.78 is 28.1. The van der Waals surface area contributed by atoms with Crippen LogP contribution in [0.3, 0.4) is 0 Å². The van der Waals surface area contributed by atoms with Crippen molar-refractivity contribution in [2.45, 2.75) is 32.2 Å². The normalized spacial score (nSPS) is 16.5. The summed E-state index contributed by atoms with van der Waals surface area (Å²) in [4.78, 5) is 6.86. The van der Waals surface area contributed by atoms with Crippen molar-refractivity contribution in [3.8, 4) is 18.4 Å². The second-order valence-electron chi connectivity index (χ2n) is 10.6. The van der Waals surface area contributed by atoms with Crippen LogP contribution in [-0.2, 0) is 0 Å². The number of fused-ring (bicyclic) bond motifs is 1. The lowest BCUT2D eigenvalue weighted by molar-refractivity contribution is 0.243. The van der Waals surface area contributed by atoms with Gasteiger partial charge < -0.3 is 21.0 Å². The molecule has 0 spiro atoms. The van der Waals surface area contributed by atoms with E-state index in [1.807, 2.05) is 41.5 Å². The fourth-order valence-electron chi connectivity index (χ4n) is 5.36. The highest BCUT2D eigenvalue weighted by Crippen LogP contribution is 2.36. The Hall–Kier alpha value is -4.61. The van der Waals surface area contributed by atoms with Crippen LogP contribution < -0.4 is 21.6 Å². The zero-order valence-electron chi connectivity index (χ0n) is 24.3. The maximum atomic E-state index is 14.7. The largest absolute Gasteiger partial charge is 0.373 e. The van der Waals surface area contributed by atoms with Gasteiger partial charge in [-0.25, -0.2) is 8.78 Å². The number of anilines is 2. The number of hydrogen-bond donors (Lipinski definition) is 4. The first-order valence-corrected chi connectivity index (χ1v) is 14.8. The minimum atomic E-state index is -0.984. The molecule has 2 aromatic carbocycles. The summed E-state index contributed by atoms with van der Waals surface area (Å²) in [6.45, 7) is 5.36. The molecular formula is C33H33ClF2N8. The van der Waals surface area contributed by atoms with Crippen LogP contribution in [0.2, 0.25) is 5.02 Å². The summed E-state index contributed by atoms with van der Waals surface area (Å²) in [6, 6.07) is 15.2. The van der Waals surface area contributed by atoms with E-state index in [0.29, 0.717) is 27.7 Å². The molecule has 2 aliphatic heterocycles. The van der Waals surface area contributed by atoms with E-state index < -0.39 is 11.7 Å². The standard InChI is InChI=1S/C33H33ClF2N8/c1-3-29(28(36)16-22(2)35)40-31-24(19-37)20-38-33-26(31)17-25(18-27(33)34)39-32(23-10-5-4-6-11-23)30-21-44(42-41-30)15-9-14-43-12-7-8-13-43/h1,4-6,10-11,16-18,20-21,32,39,41-42H,7-9,12-15H2,2H3,(H,38,40)/b22-16+,29-28-/t32-/m0/s1. The molecule has 8 nitrogen and oxygen atoms in total. The summed E-state index contributed by atoms with van der Waals surface area (Å²) in [5.41, 5.74) is 9.42. The second-order valence-corrected chi connectivity index (χ2v) is 11.0. The van der Waals surface area contributed by atoms with Crippen molar-refractivity contribution in [2.75, 3.05) is 36.8 Å². The molecule has 3 aromatic rings. The van der Waals surface area contributed by atoms with Crippen LogP contribution in [0.25, 0.3) is 10.9 Å². The van der Waals surface area contributed by atoms with E-state index in [1.165, 1.54) is 32.1 Å². The van der Waals surface area contributed by atoms with Crippen LogP contribution in [0.5, 0.6) is 0 Å². The molecule has 1 atom stereocenters. The van der Waals surface area contributed by atoms with Crippen LogP contribution in [0, 0.1) is 23.7 Å². The van der Waals surface area contributed by atoms with Gasteiger partial charge in [0.1, 0.15) is 11.8 Å². The lowest BCUT2D eigenvalue weighted by Crippen LogP contribution is -2.38. The number of aromatic nitrogens is 1. The highest BCUT2D eigenvalue weighted by atomic mass is 35.5. The third-order valence-electron chi connectivity index (χ3n) is 7.47. The molecule has 0 bridgehead atoms. The predicted octanol–water partition coefficient (Wildman–Crippen LogP) is 6.66. The minimum Gasteiger partial charge on any atom is -0.373 e. The summed E-state index contributed by atoms with van der Waals surface area (Å²) >= 11 is 6.70. The van der Waals surface area contributed by atoms with E-state index in [9.17, 15) is 14.0 Å². The molecule has 1 aromatic heterocycles. The Bertz CT molecular complexity index is 1680. The van der Waals surface area contributed by atoms with Gasteiger partial charge in [0.15, 0.2) is 5.83 Å². The molecule has 0 radical (unpaired) electrons. The van der Waals surface area contributed by atoms with Crippen molar-refractivity contribution in [3.63, 3.8) is 0 Å². The molecule has 0 amide bonds. The minimum absolute atomic E-state index is 0.112. The smallest absolute Gasteiger partial charge is 0.157 e. The number of terminal acetylenes is 1. The fourth-order valence-corrected chi connectivity index (χ4v) is 5.63. The fraction of sp³-hybridized carbons (Fsp3) is 0.273. The number of halogens is 3. The Morgan fingerprint density at radius 1 is 1.20 bits per heavy atom. The van der Waals surface area contributed by atoms with E-state index in [4.69, 9.17) is 18.0 Å². The second kappa shape index (κ2) is 14.2. The zero-order chi connectivity index (χ0) is 31.1. The summed E-state index contributed by atoms with van der Waals surface area (Å²) in [5.74, 6) is 0.460. The monoisotopic (exact) mass is 614 g/mol. The molecule has 1 saturated heterocycles. The Kier molecular flexibility index (Phi) is 9.98. The molecule has 5 rings (SSSR count). The third kappa shape index (κ3) is 7.29. The topological polar surface area (TPSA) is 91.3 Å². The molecule has 0 aliphatic carbocycles. The average Bonchev–Trinajstić information content (AvgIpc) is 3.71. The predicted molar refractivity (Wildman–Crippen MR) is 171 cm³/mol. The van der Waals surface area contributed by atoms with Gasteiger partial charge in [0, 0.05) is 36.1 Å². The molecule has 4 N–H and O–H groups in total. The van der Waals surface area contributed by atoms with E-state index in [-0.39, 0.29) is 23.0 Å². The van der Waals surface area contributed by atoms with Crippen molar-refractivity contribution in [3.05, 3.63) is 100 Å². The van der Waals surface area contributed by atoms with E-state index >= 15 is 0 Å². The lowest BCUT2D eigenvalue weighted by Gasteiger charge is -2.22. The van der Waals surface area contributed by atoms with Gasteiger partial charge in [-0.2, -0.15) is 5.26 Å². The van der Waals surface area contributed by atoms with Crippen molar-refractivity contribution in [2.24, 2.45) is 0 Å². The van der Waals surface area contributed by atoms with Crippen LogP contribution in [0.1, 0.15) is 43.4 Å². The number of hydrogen-bond acceptors (Lipinski definition) is 8. The number of nitriles is 1. The number of rotatable bonds is 11. The molecule has 226 valence electrons. The van der Waals surface area contributed by atoms with Crippen molar-refractivity contribution >= 4 is 33.9 Å². The molecule has 2 aliphatic rings. The summed E-state index contributed by atoms with van der Waals surface area (Å²) in [6.07, 6.45) is 13.2. The Morgan fingerprint density at radius 2 is 1.98 bits per heavy atom. The third-order valence-corrected chi connectivity index (χ3v) is 7.76. The summed E-state index contributed by atoms with van der Waals surface area (Å²) in [5, 5.41) is 19.0. The first kappa shape index (κ1) is 30.8. The van der Waals surface area contributed by atoms with E-state index in [0.717, 1.165) is 37.7 Å². The molecule has 0 saturated carbocycles. The van der Waals surface area contributed by atoms with Crippen LogP contribution in [0.4, 0.5) is 20.2 Å². The molecule has 3 heterocycles. The first-order valence-electron chi connectivity index (χ1n) is 14.4. The number of benzene rings is 2. The van der Waals surface area contributed by atoms with Crippen molar-refractivity contribution < 1.29 is 8.78 Å². The SMILES string of the molecule is C#C/C(Nc1c(C#N)cnc2c(Cl)cc(N[C@H](C3=CN(CCCN4CCCC4)NN3)c3ccccc3)cc12)=C(F)\C=C(/C)F. The van der Waals surface area contributed by atoms with Gasteiger partial charge in [-0.05, 0) is 69.4 Å².